The van der Waals surface area contributed by atoms with Crippen molar-refractivity contribution in [3.8, 4) is 0 Å². The first-order chi connectivity index (χ1) is 7.53. The third-order valence-corrected chi connectivity index (χ3v) is 4.13. The van der Waals surface area contributed by atoms with Crippen LogP contribution in [0.4, 0.5) is 26.3 Å². The van der Waals surface area contributed by atoms with Crippen LogP contribution in [0.2, 0.25) is 0 Å². The molecule has 0 aliphatic heterocycles. The third kappa shape index (κ3) is 6.07. The minimum absolute atomic E-state index is 0.0431. The number of rotatable bonds is 5. The quantitative estimate of drug-likeness (QED) is 0.439. The van der Waals surface area contributed by atoms with Crippen LogP contribution < -0.4 is 0 Å². The Kier molecular flexibility index (Phi) is 6.47. The zero-order chi connectivity index (χ0) is 13.9. The van der Waals surface area contributed by atoms with E-state index in [1.165, 1.54) is 13.8 Å². The Labute approximate surface area is 102 Å². The Morgan fingerprint density at radius 3 is 1.76 bits per heavy atom. The van der Waals surface area contributed by atoms with Gasteiger partial charge in [-0.2, -0.15) is 13.2 Å². The highest BCUT2D eigenvalue weighted by molar-refractivity contribution is 8.09. The highest BCUT2D eigenvalue weighted by atomic mass is 32.3. The number of nitrogens with zero attached hydrogens (tertiary/aromatic N) is 1. The van der Waals surface area contributed by atoms with Gasteiger partial charge in [0.2, 0.25) is 0 Å². The first-order valence-corrected chi connectivity index (χ1v) is 6.44. The zero-order valence-corrected chi connectivity index (χ0v) is 10.6. The largest absolute Gasteiger partial charge is 0.594 e. The molecule has 0 radical (unpaired) electrons. The van der Waals surface area contributed by atoms with Crippen molar-refractivity contribution in [2.45, 2.75) is 43.7 Å². The topological polar surface area (TPSA) is 26.3 Å². The second kappa shape index (κ2) is 6.39. The van der Waals surface area contributed by atoms with Crippen LogP contribution in [-0.2, 0) is 11.4 Å². The van der Waals surface area contributed by atoms with Crippen LogP contribution in [0.25, 0.3) is 0 Å². The lowest BCUT2D eigenvalue weighted by molar-refractivity contribution is -0.0493. The lowest BCUT2D eigenvalue weighted by atomic mass is 10.2. The van der Waals surface area contributed by atoms with Gasteiger partial charge in [0, 0.05) is 0 Å². The fourth-order valence-electron chi connectivity index (χ4n) is 1.03. The van der Waals surface area contributed by atoms with E-state index in [9.17, 15) is 30.9 Å². The van der Waals surface area contributed by atoms with E-state index in [0.29, 0.717) is 0 Å². The predicted octanol–water partition coefficient (Wildman–Crippen LogP) is 3.83. The fourth-order valence-corrected chi connectivity index (χ4v) is 3.24. The Morgan fingerprint density at radius 1 is 1.12 bits per heavy atom. The standard InChI is InChI=1S/C7H11F6NOS2/c1-3-5(4-2)14(16-6(8,9)10)17(15)7(11,12)13/h5H,3-4H2,1-2H3. The molecule has 0 saturated carbocycles. The van der Waals surface area contributed by atoms with Crippen molar-refractivity contribution in [3.63, 3.8) is 0 Å². The molecule has 104 valence electrons. The van der Waals surface area contributed by atoms with Crippen LogP contribution in [0.5, 0.6) is 0 Å². The van der Waals surface area contributed by atoms with Gasteiger partial charge in [0.1, 0.15) is 0 Å². The smallest absolute Gasteiger partial charge is 0.590 e. The number of hydrogen-bond donors (Lipinski definition) is 0. The Balaban J connectivity index is 4.97. The Bertz CT molecular complexity index is 229. The SMILES string of the molecule is CCC(CC)N(SC(F)(F)F)[S+]([O-])C(F)(F)F. The van der Waals surface area contributed by atoms with Gasteiger partial charge < -0.3 is 4.55 Å². The maximum atomic E-state index is 12.2. The van der Waals surface area contributed by atoms with Gasteiger partial charge in [0.15, 0.2) is 11.4 Å². The van der Waals surface area contributed by atoms with Gasteiger partial charge in [-0.1, -0.05) is 17.6 Å². The lowest BCUT2D eigenvalue weighted by Crippen LogP contribution is -2.43. The molecule has 0 spiro atoms. The van der Waals surface area contributed by atoms with Crippen LogP contribution in [0.15, 0.2) is 0 Å². The van der Waals surface area contributed by atoms with Gasteiger partial charge in [-0.25, -0.2) is 0 Å². The molecule has 0 rings (SSSR count). The van der Waals surface area contributed by atoms with Crippen molar-refractivity contribution >= 4 is 23.3 Å². The van der Waals surface area contributed by atoms with Crippen LogP contribution in [-0.4, -0.2) is 25.3 Å². The van der Waals surface area contributed by atoms with E-state index < -0.39 is 40.4 Å². The highest BCUT2D eigenvalue weighted by Gasteiger charge is 2.54. The van der Waals surface area contributed by atoms with Crippen LogP contribution >= 0.6 is 11.9 Å². The van der Waals surface area contributed by atoms with E-state index in [1.54, 1.807) is 0 Å². The molecule has 10 heteroatoms. The van der Waals surface area contributed by atoms with E-state index in [4.69, 9.17) is 0 Å². The molecular weight excluding hydrogens is 292 g/mol. The summed E-state index contributed by atoms with van der Waals surface area (Å²) in [6.45, 7) is 2.87. The molecule has 0 heterocycles. The average molecular weight is 303 g/mol. The molecule has 0 N–H and O–H groups in total. The van der Waals surface area contributed by atoms with Gasteiger partial charge in [0.25, 0.3) is 0 Å². The van der Waals surface area contributed by atoms with Crippen molar-refractivity contribution in [1.29, 1.82) is 0 Å². The zero-order valence-electron chi connectivity index (χ0n) is 8.93. The number of alkyl halides is 6. The summed E-state index contributed by atoms with van der Waals surface area (Å²) in [6, 6.07) is -1.05. The molecule has 0 amide bonds. The van der Waals surface area contributed by atoms with Crippen molar-refractivity contribution < 1.29 is 30.9 Å². The van der Waals surface area contributed by atoms with Crippen molar-refractivity contribution in [2.75, 3.05) is 0 Å². The van der Waals surface area contributed by atoms with Gasteiger partial charge in [0.05, 0.1) is 18.0 Å². The van der Waals surface area contributed by atoms with Gasteiger partial charge in [-0.05, 0) is 12.8 Å². The highest BCUT2D eigenvalue weighted by Crippen LogP contribution is 2.42. The van der Waals surface area contributed by atoms with E-state index in [0.717, 1.165) is 0 Å². The number of hydrogen-bond acceptors (Lipinski definition) is 3. The van der Waals surface area contributed by atoms with Crippen molar-refractivity contribution in [2.24, 2.45) is 0 Å². The summed E-state index contributed by atoms with van der Waals surface area (Å²) >= 11 is -4.67. The van der Waals surface area contributed by atoms with Crippen LogP contribution in [0, 0.1) is 0 Å². The molecule has 0 aliphatic carbocycles. The van der Waals surface area contributed by atoms with Crippen LogP contribution in [0.3, 0.4) is 0 Å². The molecule has 0 aromatic heterocycles. The summed E-state index contributed by atoms with van der Waals surface area (Å²) in [7, 11) is 0. The molecule has 0 saturated heterocycles. The molecular formula is C7H11F6NOS2. The summed E-state index contributed by atoms with van der Waals surface area (Å²) < 4.78 is 83.7. The van der Waals surface area contributed by atoms with E-state index in [2.05, 4.69) is 0 Å². The van der Waals surface area contributed by atoms with Crippen molar-refractivity contribution in [1.82, 2.24) is 3.71 Å². The molecule has 0 aromatic carbocycles. The molecule has 0 bridgehead atoms. The Morgan fingerprint density at radius 2 is 1.53 bits per heavy atom. The second-order valence-electron chi connectivity index (χ2n) is 2.99. The van der Waals surface area contributed by atoms with E-state index >= 15 is 0 Å². The van der Waals surface area contributed by atoms with E-state index in [1.807, 2.05) is 0 Å². The second-order valence-corrected chi connectivity index (χ2v) is 5.61. The maximum absolute atomic E-state index is 12.2. The Hall–Kier alpha value is 0.200. The summed E-state index contributed by atoms with van der Waals surface area (Å²) in [5, 5.41) is 0. The summed E-state index contributed by atoms with van der Waals surface area (Å²) in [5.41, 5.74) is -10.1. The van der Waals surface area contributed by atoms with Crippen molar-refractivity contribution in [3.05, 3.63) is 0 Å². The van der Waals surface area contributed by atoms with Gasteiger partial charge >= 0.3 is 11.0 Å². The minimum atomic E-state index is -5.19. The maximum Gasteiger partial charge on any atom is 0.594 e. The van der Waals surface area contributed by atoms with Crippen LogP contribution in [0.1, 0.15) is 26.7 Å². The summed E-state index contributed by atoms with van der Waals surface area (Å²) in [5.74, 6) is 0. The first-order valence-electron chi connectivity index (χ1n) is 4.56. The third-order valence-electron chi connectivity index (χ3n) is 1.80. The summed E-state index contributed by atoms with van der Waals surface area (Å²) in [6.07, 6.45) is 0.0861. The predicted molar refractivity (Wildman–Crippen MR) is 54.1 cm³/mol. The average Bonchev–Trinajstić information content (AvgIpc) is 2.13. The van der Waals surface area contributed by atoms with E-state index in [-0.39, 0.29) is 16.6 Å². The fraction of sp³-hybridized carbons (Fsp3) is 1.00. The van der Waals surface area contributed by atoms with Gasteiger partial charge in [-0.15, -0.1) is 13.2 Å². The molecule has 1 unspecified atom stereocenters. The summed E-state index contributed by atoms with van der Waals surface area (Å²) in [4.78, 5) is 0. The molecule has 1 atom stereocenters. The lowest BCUT2D eigenvalue weighted by Gasteiger charge is -2.29. The minimum Gasteiger partial charge on any atom is -0.590 e. The molecule has 0 aliphatic rings. The normalized spacial score (nSPS) is 15.7. The van der Waals surface area contributed by atoms with Gasteiger partial charge in [-0.3, -0.25) is 0 Å². The molecule has 0 fully saturated rings. The monoisotopic (exact) mass is 303 g/mol. The molecule has 2 nitrogen and oxygen atoms in total. The molecule has 17 heavy (non-hydrogen) atoms. The molecule has 0 aromatic rings. The number of halogens is 6. The first kappa shape index (κ1) is 17.2.